The van der Waals surface area contributed by atoms with Crippen LogP contribution in [0.4, 0.5) is 4.39 Å². The lowest BCUT2D eigenvalue weighted by atomic mass is 10.1. The quantitative estimate of drug-likeness (QED) is 0.860. The van der Waals surface area contributed by atoms with Crippen LogP contribution in [0, 0.1) is 5.82 Å². The van der Waals surface area contributed by atoms with Crippen molar-refractivity contribution < 1.29 is 4.39 Å². The molecule has 4 heteroatoms. The van der Waals surface area contributed by atoms with E-state index in [9.17, 15) is 4.39 Å². The zero-order chi connectivity index (χ0) is 13.8. The van der Waals surface area contributed by atoms with Crippen molar-refractivity contribution in [3.05, 3.63) is 58.9 Å². The van der Waals surface area contributed by atoms with Crippen LogP contribution in [0.25, 0.3) is 0 Å². The Kier molecular flexibility index (Phi) is 4.86. The van der Waals surface area contributed by atoms with Crippen molar-refractivity contribution in [3.63, 3.8) is 0 Å². The molecule has 0 aliphatic heterocycles. The third-order valence-corrected chi connectivity index (χ3v) is 4.26. The Morgan fingerprint density at radius 1 is 1.16 bits per heavy atom. The van der Waals surface area contributed by atoms with Crippen molar-refractivity contribution in [2.75, 3.05) is 7.05 Å². The van der Waals surface area contributed by atoms with E-state index in [0.717, 1.165) is 15.4 Å². The Morgan fingerprint density at radius 3 is 2.47 bits per heavy atom. The molecule has 0 saturated heterocycles. The number of nitrogens with one attached hydrogen (secondary N) is 1. The van der Waals surface area contributed by atoms with Crippen LogP contribution in [0.5, 0.6) is 0 Å². The van der Waals surface area contributed by atoms with Crippen molar-refractivity contribution >= 4 is 23.4 Å². The maximum Gasteiger partial charge on any atom is 0.123 e. The SMILES string of the molecule is CNC(C)c1cc(F)ccc1Sc1ccc(Cl)cc1. The normalized spacial score (nSPS) is 12.4. The molecule has 100 valence electrons. The Balaban J connectivity index is 2.31. The van der Waals surface area contributed by atoms with Crippen LogP contribution in [0.3, 0.4) is 0 Å². The highest BCUT2D eigenvalue weighted by Crippen LogP contribution is 2.34. The number of hydrogen-bond acceptors (Lipinski definition) is 2. The highest BCUT2D eigenvalue weighted by molar-refractivity contribution is 7.99. The van der Waals surface area contributed by atoms with Gasteiger partial charge in [-0.15, -0.1) is 0 Å². The van der Waals surface area contributed by atoms with Crippen molar-refractivity contribution in [2.24, 2.45) is 0 Å². The van der Waals surface area contributed by atoms with Gasteiger partial charge in [-0.1, -0.05) is 23.4 Å². The number of rotatable bonds is 4. The second-order valence-corrected chi connectivity index (χ2v) is 5.80. The Bertz CT molecular complexity index is 557. The standard InChI is InChI=1S/C15H15ClFNS/c1-10(18-2)14-9-12(17)5-8-15(14)19-13-6-3-11(16)4-7-13/h3-10,18H,1-2H3. The molecule has 0 aliphatic carbocycles. The maximum absolute atomic E-state index is 13.4. The van der Waals surface area contributed by atoms with Gasteiger partial charge in [0.2, 0.25) is 0 Å². The Hall–Kier alpha value is -1.03. The molecule has 2 rings (SSSR count). The summed E-state index contributed by atoms with van der Waals surface area (Å²) >= 11 is 7.48. The fourth-order valence-electron chi connectivity index (χ4n) is 1.74. The molecule has 1 N–H and O–H groups in total. The molecule has 0 radical (unpaired) electrons. The molecule has 19 heavy (non-hydrogen) atoms. The lowest BCUT2D eigenvalue weighted by molar-refractivity contribution is 0.601. The first-order valence-corrected chi connectivity index (χ1v) is 7.19. The number of halogens is 2. The summed E-state index contributed by atoms with van der Waals surface area (Å²) in [6.45, 7) is 2.01. The van der Waals surface area contributed by atoms with E-state index < -0.39 is 0 Å². The van der Waals surface area contributed by atoms with Crippen LogP contribution in [0.15, 0.2) is 52.3 Å². The second-order valence-electron chi connectivity index (χ2n) is 4.25. The summed E-state index contributed by atoms with van der Waals surface area (Å²) in [6.07, 6.45) is 0. The van der Waals surface area contributed by atoms with E-state index in [1.165, 1.54) is 6.07 Å². The first-order chi connectivity index (χ1) is 9.10. The topological polar surface area (TPSA) is 12.0 Å². The predicted octanol–water partition coefficient (Wildman–Crippen LogP) is 4.91. The number of hydrogen-bond donors (Lipinski definition) is 1. The highest BCUT2D eigenvalue weighted by atomic mass is 35.5. The largest absolute Gasteiger partial charge is 0.313 e. The minimum atomic E-state index is -0.211. The molecule has 0 aromatic heterocycles. The van der Waals surface area contributed by atoms with Gasteiger partial charge < -0.3 is 5.32 Å². The van der Waals surface area contributed by atoms with E-state index in [1.807, 2.05) is 44.3 Å². The minimum Gasteiger partial charge on any atom is -0.313 e. The summed E-state index contributed by atoms with van der Waals surface area (Å²) in [5.74, 6) is -0.211. The van der Waals surface area contributed by atoms with Gasteiger partial charge in [0.25, 0.3) is 0 Å². The molecule has 0 aliphatic rings. The molecule has 1 nitrogen and oxygen atoms in total. The Morgan fingerprint density at radius 2 is 1.84 bits per heavy atom. The van der Waals surface area contributed by atoms with Crippen molar-refractivity contribution in [1.82, 2.24) is 5.32 Å². The third kappa shape index (κ3) is 3.72. The third-order valence-electron chi connectivity index (χ3n) is 2.91. The molecule has 2 aromatic carbocycles. The van der Waals surface area contributed by atoms with Gasteiger partial charge in [-0.25, -0.2) is 4.39 Å². The van der Waals surface area contributed by atoms with E-state index >= 15 is 0 Å². The predicted molar refractivity (Wildman–Crippen MR) is 79.4 cm³/mol. The van der Waals surface area contributed by atoms with Crippen LogP contribution in [0.1, 0.15) is 18.5 Å². The average Bonchev–Trinajstić information content (AvgIpc) is 2.42. The summed E-state index contributed by atoms with van der Waals surface area (Å²) in [5.41, 5.74) is 0.961. The van der Waals surface area contributed by atoms with Crippen molar-refractivity contribution in [3.8, 4) is 0 Å². The molecule has 0 saturated carbocycles. The zero-order valence-corrected chi connectivity index (χ0v) is 12.4. The fourth-order valence-corrected chi connectivity index (χ4v) is 2.88. The monoisotopic (exact) mass is 295 g/mol. The number of benzene rings is 2. The van der Waals surface area contributed by atoms with Crippen LogP contribution in [-0.2, 0) is 0 Å². The molecule has 0 heterocycles. The molecular weight excluding hydrogens is 281 g/mol. The first-order valence-electron chi connectivity index (χ1n) is 6.00. The van der Waals surface area contributed by atoms with Gasteiger partial charge in [-0.3, -0.25) is 0 Å². The van der Waals surface area contributed by atoms with Gasteiger partial charge in [0, 0.05) is 20.9 Å². The van der Waals surface area contributed by atoms with Gasteiger partial charge in [0.05, 0.1) is 0 Å². The summed E-state index contributed by atoms with van der Waals surface area (Å²) in [5, 5.41) is 3.86. The smallest absolute Gasteiger partial charge is 0.123 e. The molecule has 0 bridgehead atoms. The minimum absolute atomic E-state index is 0.102. The fraction of sp³-hybridized carbons (Fsp3) is 0.200. The van der Waals surface area contributed by atoms with E-state index in [1.54, 1.807) is 17.8 Å². The summed E-state index contributed by atoms with van der Waals surface area (Å²) < 4.78 is 13.4. The Labute approximate surface area is 122 Å². The van der Waals surface area contributed by atoms with E-state index in [-0.39, 0.29) is 11.9 Å². The average molecular weight is 296 g/mol. The van der Waals surface area contributed by atoms with Gasteiger partial charge in [-0.2, -0.15) is 0 Å². The van der Waals surface area contributed by atoms with Crippen molar-refractivity contribution in [2.45, 2.75) is 22.8 Å². The summed E-state index contributed by atoms with van der Waals surface area (Å²) in [4.78, 5) is 2.13. The molecule has 0 fully saturated rings. The lowest BCUT2D eigenvalue weighted by Crippen LogP contribution is -2.13. The summed E-state index contributed by atoms with van der Waals surface area (Å²) in [6, 6.07) is 12.6. The highest BCUT2D eigenvalue weighted by Gasteiger charge is 2.11. The first kappa shape index (κ1) is 14.4. The van der Waals surface area contributed by atoms with Crippen molar-refractivity contribution in [1.29, 1.82) is 0 Å². The molecule has 1 unspecified atom stereocenters. The molecule has 2 aromatic rings. The molecular formula is C15H15ClFNS. The van der Waals surface area contributed by atoms with Crippen LogP contribution >= 0.6 is 23.4 Å². The van der Waals surface area contributed by atoms with Gasteiger partial charge in [0.1, 0.15) is 5.82 Å². The molecule has 0 spiro atoms. The van der Waals surface area contributed by atoms with Gasteiger partial charge in [0.15, 0.2) is 0 Å². The molecule has 0 amide bonds. The van der Waals surface area contributed by atoms with E-state index in [4.69, 9.17) is 11.6 Å². The maximum atomic E-state index is 13.4. The summed E-state index contributed by atoms with van der Waals surface area (Å²) in [7, 11) is 1.87. The van der Waals surface area contributed by atoms with Crippen LogP contribution in [0.2, 0.25) is 5.02 Å². The van der Waals surface area contributed by atoms with Gasteiger partial charge >= 0.3 is 0 Å². The lowest BCUT2D eigenvalue weighted by Gasteiger charge is -2.15. The molecule has 1 atom stereocenters. The second kappa shape index (κ2) is 6.42. The van der Waals surface area contributed by atoms with Crippen LogP contribution in [-0.4, -0.2) is 7.05 Å². The van der Waals surface area contributed by atoms with Gasteiger partial charge in [-0.05, 0) is 62.0 Å². The van der Waals surface area contributed by atoms with E-state index in [2.05, 4.69) is 5.32 Å². The zero-order valence-electron chi connectivity index (χ0n) is 10.8. The van der Waals surface area contributed by atoms with E-state index in [0.29, 0.717) is 5.02 Å². The van der Waals surface area contributed by atoms with Crippen LogP contribution < -0.4 is 5.32 Å².